The molecule has 2 heterocycles. The highest BCUT2D eigenvalue weighted by atomic mass is 35.5. The molecule has 0 radical (unpaired) electrons. The van der Waals surface area contributed by atoms with Crippen molar-refractivity contribution in [1.29, 1.82) is 0 Å². The minimum atomic E-state index is -0.736. The molecule has 0 bridgehead atoms. The number of aromatic hydroxyl groups is 2. The largest absolute Gasteiger partial charge is 0.504 e. The van der Waals surface area contributed by atoms with Crippen LogP contribution >= 0.6 is 24.8 Å². The summed E-state index contributed by atoms with van der Waals surface area (Å²) < 4.78 is 0. The molecule has 0 saturated carbocycles. The van der Waals surface area contributed by atoms with Crippen LogP contribution < -0.4 is 11.1 Å². The van der Waals surface area contributed by atoms with Gasteiger partial charge in [0.1, 0.15) is 5.54 Å². The molecule has 1 aromatic heterocycles. The summed E-state index contributed by atoms with van der Waals surface area (Å²) >= 11 is 0. The first-order valence-electron chi connectivity index (χ1n) is 6.45. The molecule has 2 aromatic rings. The van der Waals surface area contributed by atoms with Crippen LogP contribution in [-0.2, 0) is 12.0 Å². The SMILES string of the molecule is Cl.Cl.NCC1(c2ncccn2)NCCc2cc(O)c(O)cc21. The van der Waals surface area contributed by atoms with Crippen molar-refractivity contribution in [3.05, 3.63) is 47.5 Å². The number of aromatic nitrogens is 2. The summed E-state index contributed by atoms with van der Waals surface area (Å²) in [6.45, 7) is 0.959. The maximum Gasteiger partial charge on any atom is 0.157 e. The van der Waals surface area contributed by atoms with E-state index in [0.29, 0.717) is 12.4 Å². The third kappa shape index (κ3) is 2.83. The summed E-state index contributed by atoms with van der Waals surface area (Å²) in [6, 6.07) is 4.87. The molecular formula is C14H18Cl2N4O2. The van der Waals surface area contributed by atoms with Crippen molar-refractivity contribution in [2.45, 2.75) is 12.0 Å². The number of fused-ring (bicyclic) bond motifs is 1. The molecule has 1 aliphatic heterocycles. The van der Waals surface area contributed by atoms with Crippen molar-refractivity contribution in [3.63, 3.8) is 0 Å². The van der Waals surface area contributed by atoms with Crippen molar-refractivity contribution in [2.24, 2.45) is 5.73 Å². The zero-order valence-corrected chi connectivity index (χ0v) is 13.3. The Balaban J connectivity index is 0.00000121. The van der Waals surface area contributed by atoms with Crippen LogP contribution in [0.5, 0.6) is 11.5 Å². The Morgan fingerprint density at radius 1 is 1.14 bits per heavy atom. The third-order valence-electron chi connectivity index (χ3n) is 3.73. The second-order valence-corrected chi connectivity index (χ2v) is 4.86. The fourth-order valence-electron chi connectivity index (χ4n) is 2.72. The molecule has 22 heavy (non-hydrogen) atoms. The minimum Gasteiger partial charge on any atom is -0.504 e. The predicted octanol–water partition coefficient (Wildman–Crippen LogP) is 1.08. The van der Waals surface area contributed by atoms with Crippen LogP contribution in [0.15, 0.2) is 30.6 Å². The number of rotatable bonds is 2. The fraction of sp³-hybridized carbons (Fsp3) is 0.286. The minimum absolute atomic E-state index is 0. The lowest BCUT2D eigenvalue weighted by Gasteiger charge is -2.38. The summed E-state index contributed by atoms with van der Waals surface area (Å²) in [7, 11) is 0. The van der Waals surface area contributed by atoms with Gasteiger partial charge in [-0.15, -0.1) is 24.8 Å². The third-order valence-corrected chi connectivity index (χ3v) is 3.73. The Bertz CT molecular complexity index is 642. The standard InChI is InChI=1S/C14H16N4O2.2ClH/c15-8-14(13-16-3-1-4-17-13)10-7-12(20)11(19)6-9(10)2-5-18-14;;/h1,3-4,6-7,18-20H,2,5,8,15H2;2*1H. The molecule has 3 rings (SSSR count). The van der Waals surface area contributed by atoms with E-state index in [1.165, 1.54) is 0 Å². The average molecular weight is 345 g/mol. The fourth-order valence-corrected chi connectivity index (χ4v) is 2.72. The van der Waals surface area contributed by atoms with Crippen LogP contribution in [0.3, 0.4) is 0 Å². The second kappa shape index (κ2) is 7.11. The van der Waals surface area contributed by atoms with Crippen LogP contribution in [0, 0.1) is 0 Å². The van der Waals surface area contributed by atoms with Crippen molar-refractivity contribution < 1.29 is 10.2 Å². The van der Waals surface area contributed by atoms with Crippen molar-refractivity contribution >= 4 is 24.8 Å². The van der Waals surface area contributed by atoms with Crippen LogP contribution in [0.25, 0.3) is 0 Å². The number of nitrogens with two attached hydrogens (primary N) is 1. The van der Waals surface area contributed by atoms with Gasteiger partial charge in [0.2, 0.25) is 0 Å². The Morgan fingerprint density at radius 2 is 1.77 bits per heavy atom. The summed E-state index contributed by atoms with van der Waals surface area (Å²) in [6.07, 6.45) is 4.07. The van der Waals surface area contributed by atoms with Gasteiger partial charge in [-0.05, 0) is 35.7 Å². The average Bonchev–Trinajstić information content (AvgIpc) is 2.49. The van der Waals surface area contributed by atoms with Gasteiger partial charge in [0.05, 0.1) is 0 Å². The highest BCUT2D eigenvalue weighted by Crippen LogP contribution is 2.38. The normalized spacial score (nSPS) is 19.5. The van der Waals surface area contributed by atoms with Gasteiger partial charge in [-0.3, -0.25) is 5.32 Å². The van der Waals surface area contributed by atoms with Crippen LogP contribution in [0.4, 0.5) is 0 Å². The van der Waals surface area contributed by atoms with Crippen LogP contribution in [0.1, 0.15) is 17.0 Å². The topological polar surface area (TPSA) is 104 Å². The highest BCUT2D eigenvalue weighted by molar-refractivity contribution is 5.85. The Labute approximate surface area is 140 Å². The summed E-state index contributed by atoms with van der Waals surface area (Å²) in [4.78, 5) is 8.60. The first-order chi connectivity index (χ1) is 9.67. The lowest BCUT2D eigenvalue weighted by molar-refractivity contribution is 0.358. The Hall–Kier alpha value is -1.60. The quantitative estimate of drug-likeness (QED) is 0.607. The summed E-state index contributed by atoms with van der Waals surface area (Å²) in [5, 5.41) is 22.8. The van der Waals surface area contributed by atoms with E-state index in [-0.39, 0.29) is 42.9 Å². The van der Waals surface area contributed by atoms with E-state index < -0.39 is 5.54 Å². The van der Waals surface area contributed by atoms with Gasteiger partial charge in [-0.2, -0.15) is 0 Å². The van der Waals surface area contributed by atoms with Gasteiger partial charge in [-0.1, -0.05) is 0 Å². The molecule has 1 aromatic carbocycles. The van der Waals surface area contributed by atoms with Gasteiger partial charge in [-0.25, -0.2) is 9.97 Å². The Morgan fingerprint density at radius 3 is 2.41 bits per heavy atom. The number of halogens is 2. The smallest absolute Gasteiger partial charge is 0.157 e. The molecule has 0 fully saturated rings. The van der Waals surface area contributed by atoms with E-state index in [9.17, 15) is 10.2 Å². The highest BCUT2D eigenvalue weighted by Gasteiger charge is 2.40. The van der Waals surface area contributed by atoms with Crippen molar-refractivity contribution in [2.75, 3.05) is 13.1 Å². The van der Waals surface area contributed by atoms with Gasteiger partial charge < -0.3 is 15.9 Å². The van der Waals surface area contributed by atoms with Gasteiger partial charge in [0, 0.05) is 25.5 Å². The van der Waals surface area contributed by atoms with E-state index in [1.807, 2.05) is 0 Å². The number of benzene rings is 1. The number of phenolic OH excluding ortho intramolecular Hbond substituents is 2. The van der Waals surface area contributed by atoms with Gasteiger partial charge >= 0.3 is 0 Å². The lowest BCUT2D eigenvalue weighted by Crippen LogP contribution is -2.54. The van der Waals surface area contributed by atoms with Crippen molar-refractivity contribution in [1.82, 2.24) is 15.3 Å². The number of nitrogens with zero attached hydrogens (tertiary/aromatic N) is 2. The molecule has 120 valence electrons. The number of hydrogen-bond donors (Lipinski definition) is 4. The zero-order chi connectivity index (χ0) is 14.2. The molecule has 0 amide bonds. The van der Waals surface area contributed by atoms with Gasteiger partial charge in [0.15, 0.2) is 17.3 Å². The van der Waals surface area contributed by atoms with Crippen LogP contribution in [0.2, 0.25) is 0 Å². The molecule has 6 nitrogen and oxygen atoms in total. The van der Waals surface area contributed by atoms with E-state index in [0.717, 1.165) is 17.5 Å². The van der Waals surface area contributed by atoms with E-state index in [1.54, 1.807) is 30.6 Å². The van der Waals surface area contributed by atoms with Crippen molar-refractivity contribution in [3.8, 4) is 11.5 Å². The maximum atomic E-state index is 9.79. The van der Waals surface area contributed by atoms with E-state index in [2.05, 4.69) is 15.3 Å². The monoisotopic (exact) mass is 344 g/mol. The maximum absolute atomic E-state index is 9.79. The van der Waals surface area contributed by atoms with E-state index >= 15 is 0 Å². The first-order valence-corrected chi connectivity index (χ1v) is 6.45. The lowest BCUT2D eigenvalue weighted by atomic mass is 9.81. The molecule has 0 spiro atoms. The molecule has 8 heteroatoms. The number of hydrogen-bond acceptors (Lipinski definition) is 6. The van der Waals surface area contributed by atoms with E-state index in [4.69, 9.17) is 5.73 Å². The number of nitrogens with one attached hydrogen (secondary N) is 1. The Kier molecular flexibility index (Phi) is 5.96. The predicted molar refractivity (Wildman–Crippen MR) is 87.8 cm³/mol. The molecular weight excluding hydrogens is 327 g/mol. The van der Waals surface area contributed by atoms with Crippen LogP contribution in [-0.4, -0.2) is 33.3 Å². The molecule has 1 unspecified atom stereocenters. The molecule has 0 aliphatic carbocycles. The summed E-state index contributed by atoms with van der Waals surface area (Å²) in [5.74, 6) is 0.278. The molecule has 0 saturated heterocycles. The zero-order valence-electron chi connectivity index (χ0n) is 11.7. The molecule has 5 N–H and O–H groups in total. The number of phenols is 2. The second-order valence-electron chi connectivity index (χ2n) is 4.86. The van der Waals surface area contributed by atoms with Gasteiger partial charge in [0.25, 0.3) is 0 Å². The first kappa shape index (κ1) is 18.4. The molecule has 1 atom stereocenters. The summed E-state index contributed by atoms with van der Waals surface area (Å²) in [5.41, 5.74) is 7.00. The molecule has 1 aliphatic rings.